The molecule has 0 fully saturated rings. The SMILES string of the molecule is O=C(NCC#Cc1ccccc1F)Nc1ccccc1F. The van der Waals surface area contributed by atoms with Crippen molar-refractivity contribution in [3.63, 3.8) is 0 Å². The summed E-state index contributed by atoms with van der Waals surface area (Å²) in [5, 5.41) is 4.79. The molecule has 0 aliphatic rings. The van der Waals surface area contributed by atoms with Gasteiger partial charge in [-0.05, 0) is 24.3 Å². The van der Waals surface area contributed by atoms with Gasteiger partial charge >= 0.3 is 6.03 Å². The third kappa shape index (κ3) is 4.32. The largest absolute Gasteiger partial charge is 0.327 e. The molecule has 2 N–H and O–H groups in total. The van der Waals surface area contributed by atoms with Gasteiger partial charge in [-0.1, -0.05) is 36.1 Å². The van der Waals surface area contributed by atoms with Crippen molar-refractivity contribution in [1.29, 1.82) is 0 Å². The van der Waals surface area contributed by atoms with E-state index in [9.17, 15) is 13.6 Å². The van der Waals surface area contributed by atoms with Crippen LogP contribution in [0.15, 0.2) is 48.5 Å². The molecule has 0 aliphatic carbocycles. The van der Waals surface area contributed by atoms with Gasteiger partial charge in [-0.25, -0.2) is 13.6 Å². The Labute approximate surface area is 121 Å². The fourth-order valence-electron chi connectivity index (χ4n) is 1.56. The number of urea groups is 1. The molecule has 0 aromatic heterocycles. The van der Waals surface area contributed by atoms with Crippen molar-refractivity contribution in [1.82, 2.24) is 5.32 Å². The van der Waals surface area contributed by atoms with Crippen LogP contribution in [-0.2, 0) is 0 Å². The number of carbonyl (C=O) groups is 1. The van der Waals surface area contributed by atoms with Crippen LogP contribution in [0.25, 0.3) is 0 Å². The Hall–Kier alpha value is -2.87. The van der Waals surface area contributed by atoms with Gasteiger partial charge in [0.25, 0.3) is 0 Å². The maximum absolute atomic E-state index is 13.3. The summed E-state index contributed by atoms with van der Waals surface area (Å²) in [6.45, 7) is 0.0224. The Balaban J connectivity index is 1.86. The lowest BCUT2D eigenvalue weighted by Gasteiger charge is -2.05. The predicted molar refractivity (Wildman–Crippen MR) is 76.7 cm³/mol. The van der Waals surface area contributed by atoms with E-state index in [0.29, 0.717) is 0 Å². The minimum Gasteiger partial charge on any atom is -0.327 e. The molecule has 2 amide bonds. The Kier molecular flexibility index (Phi) is 4.89. The van der Waals surface area contributed by atoms with E-state index in [0.717, 1.165) is 0 Å². The summed E-state index contributed by atoms with van der Waals surface area (Å²) in [5.74, 6) is 4.28. The summed E-state index contributed by atoms with van der Waals surface area (Å²) < 4.78 is 26.6. The molecular formula is C16H12F2N2O. The Morgan fingerprint density at radius 3 is 2.38 bits per heavy atom. The summed E-state index contributed by atoms with van der Waals surface area (Å²) >= 11 is 0. The number of nitrogens with one attached hydrogen (secondary N) is 2. The lowest BCUT2D eigenvalue weighted by molar-refractivity contribution is 0.253. The first kappa shape index (κ1) is 14.5. The zero-order chi connectivity index (χ0) is 15.1. The van der Waals surface area contributed by atoms with Crippen molar-refractivity contribution in [2.45, 2.75) is 0 Å². The summed E-state index contributed by atoms with van der Waals surface area (Å²) in [5.41, 5.74) is 0.339. The first-order valence-electron chi connectivity index (χ1n) is 6.19. The number of halogens is 2. The van der Waals surface area contributed by atoms with E-state index in [-0.39, 0.29) is 17.8 Å². The van der Waals surface area contributed by atoms with Gasteiger partial charge in [-0.3, -0.25) is 0 Å². The van der Waals surface area contributed by atoms with Gasteiger partial charge in [0.1, 0.15) is 11.6 Å². The van der Waals surface area contributed by atoms with Gasteiger partial charge in [-0.15, -0.1) is 0 Å². The van der Waals surface area contributed by atoms with Crippen LogP contribution in [0.3, 0.4) is 0 Å². The van der Waals surface area contributed by atoms with Crippen molar-refractivity contribution in [2.24, 2.45) is 0 Å². The van der Waals surface area contributed by atoms with E-state index >= 15 is 0 Å². The van der Waals surface area contributed by atoms with E-state index in [1.165, 1.54) is 24.3 Å². The molecule has 5 heteroatoms. The van der Waals surface area contributed by atoms with Crippen molar-refractivity contribution in [2.75, 3.05) is 11.9 Å². The van der Waals surface area contributed by atoms with Crippen LogP contribution in [-0.4, -0.2) is 12.6 Å². The first-order chi connectivity index (χ1) is 10.2. The van der Waals surface area contributed by atoms with E-state index in [2.05, 4.69) is 22.5 Å². The molecule has 0 unspecified atom stereocenters. The predicted octanol–water partition coefficient (Wildman–Crippen LogP) is 3.14. The molecule has 106 valence electrons. The molecule has 0 aliphatic heterocycles. The zero-order valence-electron chi connectivity index (χ0n) is 11.0. The minimum atomic E-state index is -0.581. The number of anilines is 1. The fourth-order valence-corrected chi connectivity index (χ4v) is 1.56. The molecule has 0 spiro atoms. The highest BCUT2D eigenvalue weighted by Gasteiger charge is 2.04. The number of amides is 2. The average Bonchev–Trinajstić information content (AvgIpc) is 2.48. The standard InChI is InChI=1S/C16H12F2N2O/c17-13-8-2-1-6-12(13)7-5-11-19-16(21)20-15-10-4-3-9-14(15)18/h1-4,6,8-10H,11H2,(H2,19,20,21). The Bertz CT molecular complexity index is 705. The lowest BCUT2D eigenvalue weighted by Crippen LogP contribution is -2.29. The van der Waals surface area contributed by atoms with Crippen LogP contribution < -0.4 is 10.6 Å². The number of hydrogen-bond acceptors (Lipinski definition) is 1. The number of para-hydroxylation sites is 1. The number of carbonyl (C=O) groups excluding carboxylic acids is 1. The zero-order valence-corrected chi connectivity index (χ0v) is 11.0. The van der Waals surface area contributed by atoms with Crippen LogP contribution in [0, 0.1) is 23.5 Å². The molecule has 2 aromatic rings. The summed E-state index contributed by atoms with van der Waals surface area (Å²) in [4.78, 5) is 11.5. The maximum atomic E-state index is 13.3. The van der Waals surface area contributed by atoms with E-state index < -0.39 is 17.7 Å². The van der Waals surface area contributed by atoms with E-state index in [4.69, 9.17) is 0 Å². The van der Waals surface area contributed by atoms with Crippen LogP contribution in [0.4, 0.5) is 19.3 Å². The molecule has 3 nitrogen and oxygen atoms in total. The molecule has 21 heavy (non-hydrogen) atoms. The normalized spacial score (nSPS) is 9.43. The van der Waals surface area contributed by atoms with Gasteiger partial charge in [0, 0.05) is 0 Å². The molecule has 0 saturated heterocycles. The van der Waals surface area contributed by atoms with Crippen LogP contribution in [0.1, 0.15) is 5.56 Å². The highest BCUT2D eigenvalue weighted by atomic mass is 19.1. The van der Waals surface area contributed by atoms with E-state index in [1.54, 1.807) is 24.3 Å². The summed E-state index contributed by atoms with van der Waals surface area (Å²) in [6, 6.07) is 11.3. The molecule has 0 radical (unpaired) electrons. The minimum absolute atomic E-state index is 0.0224. The second kappa shape index (κ2) is 7.06. The third-order valence-corrected chi connectivity index (χ3v) is 2.56. The molecule has 2 aromatic carbocycles. The van der Waals surface area contributed by atoms with Gasteiger partial charge in [0.05, 0.1) is 17.8 Å². The second-order valence-corrected chi connectivity index (χ2v) is 4.07. The third-order valence-electron chi connectivity index (χ3n) is 2.56. The molecule has 0 saturated carbocycles. The summed E-state index contributed by atoms with van der Waals surface area (Å²) in [7, 11) is 0. The van der Waals surface area contributed by atoms with Crippen LogP contribution in [0.5, 0.6) is 0 Å². The molecule has 2 rings (SSSR count). The van der Waals surface area contributed by atoms with Crippen molar-refractivity contribution in [3.05, 3.63) is 65.7 Å². The molecular weight excluding hydrogens is 274 g/mol. The van der Waals surface area contributed by atoms with Gasteiger partial charge in [0.15, 0.2) is 0 Å². The summed E-state index contributed by atoms with van der Waals surface area (Å²) in [6.07, 6.45) is 0. The van der Waals surface area contributed by atoms with Gasteiger partial charge in [0.2, 0.25) is 0 Å². The quantitative estimate of drug-likeness (QED) is 0.818. The van der Waals surface area contributed by atoms with Gasteiger partial charge < -0.3 is 10.6 Å². The van der Waals surface area contributed by atoms with Crippen molar-refractivity contribution < 1.29 is 13.6 Å². The Morgan fingerprint density at radius 2 is 1.67 bits per heavy atom. The fraction of sp³-hybridized carbons (Fsp3) is 0.0625. The van der Waals surface area contributed by atoms with E-state index in [1.807, 2.05) is 0 Å². The van der Waals surface area contributed by atoms with Crippen molar-refractivity contribution in [3.8, 4) is 11.8 Å². The smallest absolute Gasteiger partial charge is 0.320 e. The molecule has 0 bridgehead atoms. The highest BCUT2D eigenvalue weighted by Crippen LogP contribution is 2.11. The topological polar surface area (TPSA) is 41.1 Å². The molecule has 0 heterocycles. The number of benzene rings is 2. The number of rotatable bonds is 2. The Morgan fingerprint density at radius 1 is 1.00 bits per heavy atom. The lowest BCUT2D eigenvalue weighted by atomic mass is 10.2. The monoisotopic (exact) mass is 286 g/mol. The van der Waals surface area contributed by atoms with Crippen LogP contribution in [0.2, 0.25) is 0 Å². The van der Waals surface area contributed by atoms with Gasteiger partial charge in [-0.2, -0.15) is 0 Å². The maximum Gasteiger partial charge on any atom is 0.320 e. The highest BCUT2D eigenvalue weighted by molar-refractivity contribution is 5.89. The van der Waals surface area contributed by atoms with Crippen LogP contribution >= 0.6 is 0 Å². The molecule has 0 atom stereocenters. The second-order valence-electron chi connectivity index (χ2n) is 4.07. The number of hydrogen-bond donors (Lipinski definition) is 2. The first-order valence-corrected chi connectivity index (χ1v) is 6.19. The van der Waals surface area contributed by atoms with Crippen molar-refractivity contribution >= 4 is 11.7 Å². The average molecular weight is 286 g/mol.